The van der Waals surface area contributed by atoms with E-state index in [0.29, 0.717) is 0 Å². The Morgan fingerprint density at radius 3 is 3.00 bits per heavy atom. The first-order chi connectivity index (χ1) is 6.42. The van der Waals surface area contributed by atoms with E-state index >= 15 is 0 Å². The van der Waals surface area contributed by atoms with Crippen molar-refractivity contribution in [2.75, 3.05) is 19.6 Å². The summed E-state index contributed by atoms with van der Waals surface area (Å²) < 4.78 is 0. The van der Waals surface area contributed by atoms with Crippen LogP contribution in [-0.2, 0) is 0 Å². The lowest BCUT2D eigenvalue weighted by molar-refractivity contribution is 0.0883. The van der Waals surface area contributed by atoms with Crippen molar-refractivity contribution in [3.63, 3.8) is 0 Å². The highest BCUT2D eigenvalue weighted by Gasteiger charge is 2.31. The Kier molecular flexibility index (Phi) is 3.23. The number of hydrogen-bond donors (Lipinski definition) is 1. The summed E-state index contributed by atoms with van der Waals surface area (Å²) in [5, 5.41) is 3.67. The van der Waals surface area contributed by atoms with Crippen LogP contribution < -0.4 is 5.32 Å². The van der Waals surface area contributed by atoms with E-state index in [1.165, 1.54) is 51.7 Å². The molecule has 0 spiro atoms. The van der Waals surface area contributed by atoms with Gasteiger partial charge in [-0.25, -0.2) is 0 Å². The Morgan fingerprint density at radius 1 is 1.31 bits per heavy atom. The molecule has 0 aromatic heterocycles. The van der Waals surface area contributed by atoms with Crippen LogP contribution in [0.3, 0.4) is 0 Å². The van der Waals surface area contributed by atoms with Crippen LogP contribution in [0.15, 0.2) is 0 Å². The summed E-state index contributed by atoms with van der Waals surface area (Å²) in [5.41, 5.74) is 0. The van der Waals surface area contributed by atoms with E-state index in [1.807, 2.05) is 0 Å². The summed E-state index contributed by atoms with van der Waals surface area (Å²) in [5.74, 6) is 0. The Hall–Kier alpha value is -0.0800. The van der Waals surface area contributed by atoms with E-state index in [2.05, 4.69) is 17.1 Å². The lowest BCUT2D eigenvalue weighted by Gasteiger charge is -2.44. The molecule has 1 aliphatic carbocycles. The van der Waals surface area contributed by atoms with Crippen LogP contribution in [0.2, 0.25) is 0 Å². The molecule has 0 aromatic rings. The molecule has 2 atom stereocenters. The van der Waals surface area contributed by atoms with Crippen molar-refractivity contribution < 1.29 is 0 Å². The van der Waals surface area contributed by atoms with Crippen molar-refractivity contribution in [3.8, 4) is 0 Å². The number of nitrogens with one attached hydrogen (secondary N) is 1. The molecule has 2 nitrogen and oxygen atoms in total. The predicted octanol–water partition coefficient (Wildman–Crippen LogP) is 1.61. The smallest absolute Gasteiger partial charge is 0.0249 e. The lowest BCUT2D eigenvalue weighted by Crippen LogP contribution is -2.58. The second kappa shape index (κ2) is 4.43. The molecule has 2 aliphatic rings. The van der Waals surface area contributed by atoms with Gasteiger partial charge in [-0.1, -0.05) is 19.8 Å². The number of fused-ring (bicyclic) bond motifs is 1. The number of nitrogens with zero attached hydrogens (tertiary/aromatic N) is 1. The monoisotopic (exact) mass is 182 g/mol. The molecule has 1 aliphatic heterocycles. The van der Waals surface area contributed by atoms with Crippen molar-refractivity contribution in [2.45, 2.75) is 51.1 Å². The molecular weight excluding hydrogens is 160 g/mol. The molecule has 0 aromatic carbocycles. The zero-order chi connectivity index (χ0) is 9.10. The standard InChI is InChI=1S/C11H22N2/c1-2-8-13-9-7-12-10-5-3-4-6-11(10)13/h10-12H,2-9H2,1H3/t10-,11+/m1/s1. The van der Waals surface area contributed by atoms with Crippen LogP contribution in [0.25, 0.3) is 0 Å². The van der Waals surface area contributed by atoms with Gasteiger partial charge in [-0.15, -0.1) is 0 Å². The molecule has 0 radical (unpaired) electrons. The van der Waals surface area contributed by atoms with E-state index in [4.69, 9.17) is 0 Å². The quantitative estimate of drug-likeness (QED) is 0.698. The van der Waals surface area contributed by atoms with Gasteiger partial charge in [-0.3, -0.25) is 4.90 Å². The second-order valence-electron chi connectivity index (χ2n) is 4.45. The molecule has 13 heavy (non-hydrogen) atoms. The fourth-order valence-electron chi connectivity index (χ4n) is 2.91. The normalized spacial score (nSPS) is 35.8. The number of rotatable bonds is 2. The fourth-order valence-corrected chi connectivity index (χ4v) is 2.91. The highest BCUT2D eigenvalue weighted by atomic mass is 15.2. The molecule has 1 saturated heterocycles. The molecular formula is C11H22N2. The molecule has 0 amide bonds. The largest absolute Gasteiger partial charge is 0.311 e. The first-order valence-electron chi connectivity index (χ1n) is 5.89. The van der Waals surface area contributed by atoms with Crippen molar-refractivity contribution in [3.05, 3.63) is 0 Å². The molecule has 2 fully saturated rings. The third-order valence-electron chi connectivity index (χ3n) is 3.51. The van der Waals surface area contributed by atoms with Crippen LogP contribution in [0, 0.1) is 0 Å². The SMILES string of the molecule is CCCN1CCN[C@@H]2CCCC[C@@H]21. The van der Waals surface area contributed by atoms with Gasteiger partial charge in [0.1, 0.15) is 0 Å². The maximum atomic E-state index is 3.67. The number of hydrogen-bond acceptors (Lipinski definition) is 2. The van der Waals surface area contributed by atoms with Gasteiger partial charge in [0.05, 0.1) is 0 Å². The van der Waals surface area contributed by atoms with Crippen molar-refractivity contribution >= 4 is 0 Å². The van der Waals surface area contributed by atoms with Crippen molar-refractivity contribution in [2.24, 2.45) is 0 Å². The maximum Gasteiger partial charge on any atom is 0.0249 e. The van der Waals surface area contributed by atoms with E-state index < -0.39 is 0 Å². The molecule has 0 bridgehead atoms. The summed E-state index contributed by atoms with van der Waals surface area (Å²) in [7, 11) is 0. The first kappa shape index (κ1) is 9.47. The second-order valence-corrected chi connectivity index (χ2v) is 4.45. The maximum absolute atomic E-state index is 3.67. The Morgan fingerprint density at radius 2 is 2.15 bits per heavy atom. The molecule has 2 rings (SSSR count). The Labute approximate surface area is 81.7 Å². The van der Waals surface area contributed by atoms with Crippen LogP contribution in [0.5, 0.6) is 0 Å². The van der Waals surface area contributed by atoms with Gasteiger partial charge in [0.25, 0.3) is 0 Å². The predicted molar refractivity (Wildman–Crippen MR) is 55.9 cm³/mol. The number of piperazine rings is 1. The van der Waals surface area contributed by atoms with Gasteiger partial charge < -0.3 is 5.32 Å². The molecule has 2 heteroatoms. The Balaban J connectivity index is 1.94. The highest BCUT2D eigenvalue weighted by molar-refractivity contribution is 4.91. The van der Waals surface area contributed by atoms with Gasteiger partial charge >= 0.3 is 0 Å². The van der Waals surface area contributed by atoms with Crippen molar-refractivity contribution in [1.29, 1.82) is 0 Å². The third kappa shape index (κ3) is 2.05. The Bertz CT molecular complexity index is 154. The zero-order valence-electron chi connectivity index (χ0n) is 8.76. The molecule has 0 unspecified atom stereocenters. The minimum Gasteiger partial charge on any atom is -0.311 e. The van der Waals surface area contributed by atoms with Crippen LogP contribution >= 0.6 is 0 Å². The topological polar surface area (TPSA) is 15.3 Å². The van der Waals surface area contributed by atoms with Crippen LogP contribution in [0.4, 0.5) is 0 Å². The van der Waals surface area contributed by atoms with E-state index in [1.54, 1.807) is 0 Å². The summed E-state index contributed by atoms with van der Waals surface area (Å²) in [6.45, 7) is 6.08. The van der Waals surface area contributed by atoms with E-state index in [-0.39, 0.29) is 0 Å². The van der Waals surface area contributed by atoms with E-state index in [0.717, 1.165) is 12.1 Å². The molecule has 76 valence electrons. The van der Waals surface area contributed by atoms with E-state index in [9.17, 15) is 0 Å². The fraction of sp³-hybridized carbons (Fsp3) is 1.00. The van der Waals surface area contributed by atoms with Gasteiger partial charge in [-0.2, -0.15) is 0 Å². The minimum absolute atomic E-state index is 0.814. The highest BCUT2D eigenvalue weighted by Crippen LogP contribution is 2.25. The summed E-state index contributed by atoms with van der Waals surface area (Å²) in [6.07, 6.45) is 7.03. The van der Waals surface area contributed by atoms with Gasteiger partial charge in [0, 0.05) is 25.2 Å². The third-order valence-corrected chi connectivity index (χ3v) is 3.51. The van der Waals surface area contributed by atoms with Gasteiger partial charge in [-0.05, 0) is 25.8 Å². The average molecular weight is 182 g/mol. The molecule has 1 N–H and O–H groups in total. The van der Waals surface area contributed by atoms with Gasteiger partial charge in [0.15, 0.2) is 0 Å². The van der Waals surface area contributed by atoms with Crippen molar-refractivity contribution in [1.82, 2.24) is 10.2 Å². The van der Waals surface area contributed by atoms with Gasteiger partial charge in [0.2, 0.25) is 0 Å². The lowest BCUT2D eigenvalue weighted by atomic mass is 9.87. The zero-order valence-corrected chi connectivity index (χ0v) is 8.76. The summed E-state index contributed by atoms with van der Waals surface area (Å²) >= 11 is 0. The molecule has 1 saturated carbocycles. The molecule has 1 heterocycles. The van der Waals surface area contributed by atoms with Crippen LogP contribution in [-0.4, -0.2) is 36.6 Å². The summed E-state index contributed by atoms with van der Waals surface area (Å²) in [6, 6.07) is 1.68. The first-order valence-corrected chi connectivity index (χ1v) is 5.89. The summed E-state index contributed by atoms with van der Waals surface area (Å²) in [4.78, 5) is 2.71. The minimum atomic E-state index is 0.814. The van der Waals surface area contributed by atoms with Crippen LogP contribution in [0.1, 0.15) is 39.0 Å². The average Bonchev–Trinajstić information content (AvgIpc) is 2.19.